The molecule has 0 aliphatic rings. The zero-order chi connectivity index (χ0) is 23.6. The molecule has 7 nitrogen and oxygen atoms in total. The Morgan fingerprint density at radius 3 is 0.971 bits per heavy atom. The normalized spacial score (nSPS) is 8.29. The number of aromatic carboxylic acids is 2. The fourth-order valence-electron chi connectivity index (χ4n) is 1.80. The van der Waals surface area contributed by atoms with Crippen molar-refractivity contribution >= 4 is 57.1 Å². The van der Waals surface area contributed by atoms with E-state index in [4.69, 9.17) is 0 Å². The minimum Gasteiger partial charge on any atom is -0.545 e. The molecule has 181 valence electrons. The fraction of sp³-hybridized carbons (Fsp3) is 0. The molecule has 0 amide bonds. The van der Waals surface area contributed by atoms with E-state index in [-0.39, 0.29) is 33.7 Å². The molecule has 2 aromatic heterocycles. The summed E-state index contributed by atoms with van der Waals surface area (Å²) in [5.41, 5.74) is 0.445. The standard InChI is InChI=1S/2C7H5IO2.2C5H5N.Cu.H2O/c2*8-6-3-1-5(2-4-6)7(9)10;2*1-2-4-6-5-3-1;;/h2*1-4H,(H,9,10);2*1-5H;;1H2/q;;;;+2;/p-1. The molecule has 0 unspecified atom stereocenters. The first-order valence-corrected chi connectivity index (χ1v) is 11.2. The molecule has 0 spiro atoms. The van der Waals surface area contributed by atoms with Gasteiger partial charge in [0.15, 0.2) is 0 Å². The maximum Gasteiger partial charge on any atom is 2.00 e. The number of pyridine rings is 2. The number of rotatable bonds is 2. The molecule has 2 heterocycles. The maximum absolute atomic E-state index is 10.2. The van der Waals surface area contributed by atoms with Crippen molar-refractivity contribution in [2.75, 3.05) is 0 Å². The second-order valence-corrected chi connectivity index (χ2v) is 8.13. The van der Waals surface area contributed by atoms with Crippen molar-refractivity contribution in [2.24, 2.45) is 0 Å². The third-order valence-electron chi connectivity index (χ3n) is 3.29. The van der Waals surface area contributed by atoms with Crippen molar-refractivity contribution in [3.05, 3.63) is 128 Å². The molecule has 0 bridgehead atoms. The molecule has 1 radical (unpaired) electrons. The topological polar surface area (TPSA) is 139 Å². The van der Waals surface area contributed by atoms with Crippen LogP contribution in [0.3, 0.4) is 0 Å². The zero-order valence-corrected chi connectivity index (χ0v) is 22.8. The minimum atomic E-state index is -1.13. The predicted octanol–water partition coefficient (Wildman–Crippen LogP) is 2.55. The number of carbonyl (C=O) groups is 2. The summed E-state index contributed by atoms with van der Waals surface area (Å²) < 4.78 is 2.03. The monoisotopic (exact) mass is 734 g/mol. The molecule has 4 rings (SSSR count). The van der Waals surface area contributed by atoms with Crippen LogP contribution in [0, 0.1) is 7.14 Å². The molecule has 10 heteroatoms. The minimum absolute atomic E-state index is 0. The molecule has 0 aliphatic carbocycles. The zero-order valence-electron chi connectivity index (χ0n) is 17.6. The Hall–Kier alpha value is -2.38. The second kappa shape index (κ2) is 21.2. The summed E-state index contributed by atoms with van der Waals surface area (Å²) in [5.74, 6) is -2.26. The van der Waals surface area contributed by atoms with Gasteiger partial charge in [0.05, 0.1) is 11.9 Å². The van der Waals surface area contributed by atoms with E-state index in [2.05, 4.69) is 55.1 Å². The van der Waals surface area contributed by atoms with E-state index < -0.39 is 11.9 Å². The van der Waals surface area contributed by atoms with Gasteiger partial charge in [-0.05, 0) is 105 Å². The molecule has 0 saturated heterocycles. The Balaban J connectivity index is 0. The van der Waals surface area contributed by atoms with E-state index in [1.807, 2.05) is 36.4 Å². The van der Waals surface area contributed by atoms with Crippen molar-refractivity contribution in [1.29, 1.82) is 0 Å². The Labute approximate surface area is 235 Å². The van der Waals surface area contributed by atoms with Gasteiger partial charge in [0.2, 0.25) is 0 Å². The number of carboxylic acids is 2. The van der Waals surface area contributed by atoms with Crippen molar-refractivity contribution in [3.8, 4) is 0 Å². The van der Waals surface area contributed by atoms with Crippen LogP contribution < -0.4 is 10.2 Å². The average Bonchev–Trinajstić information content (AvgIpc) is 2.83. The number of halogens is 2. The van der Waals surface area contributed by atoms with Gasteiger partial charge >= 0.3 is 17.1 Å². The number of benzene rings is 2. The van der Waals surface area contributed by atoms with Gasteiger partial charge in [-0.15, -0.1) is 0 Å². The Morgan fingerprint density at radius 2 is 0.824 bits per heavy atom. The number of hydrogen-bond acceptors (Lipinski definition) is 6. The van der Waals surface area contributed by atoms with Crippen LogP contribution in [0.1, 0.15) is 20.7 Å². The van der Waals surface area contributed by atoms with Gasteiger partial charge in [0.1, 0.15) is 0 Å². The van der Waals surface area contributed by atoms with E-state index in [0.29, 0.717) is 0 Å². The van der Waals surface area contributed by atoms with Gasteiger partial charge in [0.25, 0.3) is 0 Å². The molecule has 4 aromatic rings. The van der Waals surface area contributed by atoms with E-state index in [1.54, 1.807) is 49.1 Å². The van der Waals surface area contributed by atoms with E-state index in [0.717, 1.165) is 7.14 Å². The van der Waals surface area contributed by atoms with Crippen molar-refractivity contribution in [2.45, 2.75) is 0 Å². The molecular weight excluding hydrogens is 714 g/mol. The first kappa shape index (κ1) is 33.8. The number of nitrogens with zero attached hydrogens (tertiary/aromatic N) is 2. The molecule has 0 fully saturated rings. The van der Waals surface area contributed by atoms with Gasteiger partial charge in [0, 0.05) is 31.9 Å². The van der Waals surface area contributed by atoms with Crippen LogP contribution in [-0.2, 0) is 22.5 Å². The van der Waals surface area contributed by atoms with Crippen LogP contribution in [0.4, 0.5) is 0 Å². The number of carbonyl (C=O) groups excluding carboxylic acids is 2. The van der Waals surface area contributed by atoms with Gasteiger partial charge in [-0.25, -0.2) is 0 Å². The molecule has 0 aliphatic heterocycles. The molecular formula is C24H21CuI2N2O5+. The summed E-state index contributed by atoms with van der Waals surface area (Å²) >= 11 is 4.21. The third-order valence-corrected chi connectivity index (χ3v) is 4.73. The summed E-state index contributed by atoms with van der Waals surface area (Å²) in [7, 11) is 0. The van der Waals surface area contributed by atoms with Gasteiger partial charge in [-0.2, -0.15) is 0 Å². The van der Waals surface area contributed by atoms with Crippen molar-refractivity contribution in [3.63, 3.8) is 0 Å². The summed E-state index contributed by atoms with van der Waals surface area (Å²) in [4.78, 5) is 28.0. The van der Waals surface area contributed by atoms with Crippen molar-refractivity contribution in [1.82, 2.24) is 9.97 Å². The van der Waals surface area contributed by atoms with E-state index in [9.17, 15) is 19.8 Å². The maximum atomic E-state index is 10.2. The Kier molecular flexibility index (Phi) is 21.0. The molecule has 2 aromatic carbocycles. The molecule has 3 N–H and O–H groups in total. The smallest absolute Gasteiger partial charge is 0.545 e. The number of hydrogen-bond donors (Lipinski definition) is 0. The largest absolute Gasteiger partial charge is 2.00 e. The van der Waals surface area contributed by atoms with Crippen LogP contribution in [-0.4, -0.2) is 21.9 Å². The second-order valence-electron chi connectivity index (χ2n) is 5.64. The third kappa shape index (κ3) is 17.1. The van der Waals surface area contributed by atoms with Gasteiger partial charge in [-0.1, -0.05) is 36.4 Å². The van der Waals surface area contributed by atoms with E-state index in [1.165, 1.54) is 24.3 Å². The Morgan fingerprint density at radius 1 is 0.559 bits per heavy atom. The van der Waals surface area contributed by atoms with Gasteiger partial charge < -0.3 is 25.3 Å². The number of carboxylic acid groups (broad SMARTS) is 2. The summed E-state index contributed by atoms with van der Waals surface area (Å²) in [6.07, 6.45) is 7.00. The van der Waals surface area contributed by atoms with Crippen LogP contribution in [0.15, 0.2) is 110 Å². The van der Waals surface area contributed by atoms with Gasteiger partial charge in [-0.3, -0.25) is 9.97 Å². The first-order valence-electron chi connectivity index (χ1n) is 9.04. The summed E-state index contributed by atoms with van der Waals surface area (Å²) in [5, 5.41) is 20.4. The van der Waals surface area contributed by atoms with Crippen LogP contribution >= 0.6 is 45.2 Å². The van der Waals surface area contributed by atoms with E-state index >= 15 is 0 Å². The Bertz CT molecular complexity index is 900. The summed E-state index contributed by atoms with van der Waals surface area (Å²) in [6.45, 7) is 0. The first-order chi connectivity index (χ1) is 15.4. The van der Waals surface area contributed by atoms with Crippen LogP contribution in [0.2, 0.25) is 0 Å². The molecule has 0 saturated carbocycles. The number of aromatic nitrogens is 2. The SMILES string of the molecule is O=C([O-])c1ccc(I)cc1.O=C([O-])c1ccc(I)cc1.[Cu+2].[OH3+].c1ccncc1.c1ccncc1. The summed E-state index contributed by atoms with van der Waals surface area (Å²) in [6, 6.07) is 24.4. The van der Waals surface area contributed by atoms with Crippen LogP contribution in [0.25, 0.3) is 0 Å². The fourth-order valence-corrected chi connectivity index (χ4v) is 2.52. The quantitative estimate of drug-likeness (QED) is 0.176. The van der Waals surface area contributed by atoms with Crippen molar-refractivity contribution < 1.29 is 42.3 Å². The molecule has 34 heavy (non-hydrogen) atoms. The predicted molar refractivity (Wildman–Crippen MR) is 140 cm³/mol. The van der Waals surface area contributed by atoms with Crippen LogP contribution in [0.5, 0.6) is 0 Å². The average molecular weight is 735 g/mol. The molecule has 0 atom stereocenters.